The van der Waals surface area contributed by atoms with Crippen LogP contribution in [0.1, 0.15) is 0 Å². The minimum absolute atomic E-state index is 1.05. The number of rotatable bonds is 2. The van der Waals surface area contributed by atoms with E-state index in [4.69, 9.17) is 0 Å². The van der Waals surface area contributed by atoms with E-state index in [9.17, 15) is 0 Å². The molecule has 2 rings (SSSR count). The highest BCUT2D eigenvalue weighted by atomic mass is 32.1. The summed E-state index contributed by atoms with van der Waals surface area (Å²) in [6.45, 7) is 0. The zero-order valence-electron chi connectivity index (χ0n) is 7.59. The Balaban J connectivity index is 2.67. The molecule has 0 aliphatic carbocycles. The van der Waals surface area contributed by atoms with E-state index in [1.54, 1.807) is 11.3 Å². The van der Waals surface area contributed by atoms with E-state index >= 15 is 0 Å². The number of anilines is 2. The Hall–Kier alpha value is -1.29. The van der Waals surface area contributed by atoms with Gasteiger partial charge < -0.3 is 10.6 Å². The van der Waals surface area contributed by atoms with Crippen molar-refractivity contribution in [1.29, 1.82) is 0 Å². The highest BCUT2D eigenvalue weighted by Crippen LogP contribution is 2.29. The molecular weight excluding hydrogens is 182 g/mol. The standard InChI is InChI=1S/C9H11N3S/c1-10-6-3-8-9(13-5-12-8)4-7(6)11-2/h3-5,10-11H,1-2H3. The maximum atomic E-state index is 4.25. The summed E-state index contributed by atoms with van der Waals surface area (Å²) in [6, 6.07) is 4.16. The van der Waals surface area contributed by atoms with Gasteiger partial charge in [0.05, 0.1) is 27.1 Å². The number of thiazole rings is 1. The highest BCUT2D eigenvalue weighted by Gasteiger charge is 2.03. The molecule has 4 heteroatoms. The van der Waals surface area contributed by atoms with Gasteiger partial charge >= 0.3 is 0 Å². The smallest absolute Gasteiger partial charge is 0.0834 e. The van der Waals surface area contributed by atoms with Crippen molar-refractivity contribution >= 4 is 32.9 Å². The zero-order valence-corrected chi connectivity index (χ0v) is 8.40. The fourth-order valence-corrected chi connectivity index (χ4v) is 2.02. The Morgan fingerprint density at radius 2 is 1.85 bits per heavy atom. The monoisotopic (exact) mass is 193 g/mol. The Morgan fingerprint density at radius 3 is 2.54 bits per heavy atom. The Labute approximate surface area is 80.8 Å². The normalized spacial score (nSPS) is 10.3. The van der Waals surface area contributed by atoms with Crippen molar-refractivity contribution in [2.75, 3.05) is 24.7 Å². The second-order valence-electron chi connectivity index (χ2n) is 2.72. The molecule has 0 radical (unpaired) electrons. The molecule has 0 bridgehead atoms. The lowest BCUT2D eigenvalue weighted by molar-refractivity contribution is 1.45. The van der Waals surface area contributed by atoms with Gasteiger partial charge in [-0.15, -0.1) is 11.3 Å². The summed E-state index contributed by atoms with van der Waals surface area (Å²) in [6.07, 6.45) is 0. The third-order valence-electron chi connectivity index (χ3n) is 2.01. The molecule has 0 atom stereocenters. The average Bonchev–Trinajstić information content (AvgIpc) is 2.62. The number of aromatic nitrogens is 1. The van der Waals surface area contributed by atoms with Crippen molar-refractivity contribution in [2.45, 2.75) is 0 Å². The largest absolute Gasteiger partial charge is 0.386 e. The van der Waals surface area contributed by atoms with Gasteiger partial charge in [0.25, 0.3) is 0 Å². The quantitative estimate of drug-likeness (QED) is 0.769. The average molecular weight is 193 g/mol. The molecule has 0 unspecified atom stereocenters. The summed E-state index contributed by atoms with van der Waals surface area (Å²) >= 11 is 1.66. The predicted molar refractivity (Wildman–Crippen MR) is 58.7 cm³/mol. The molecule has 0 amide bonds. The van der Waals surface area contributed by atoms with E-state index < -0.39 is 0 Å². The molecule has 0 saturated carbocycles. The van der Waals surface area contributed by atoms with Crippen LogP contribution in [0.25, 0.3) is 10.2 Å². The molecule has 3 nitrogen and oxygen atoms in total. The summed E-state index contributed by atoms with van der Waals surface area (Å²) in [5.74, 6) is 0. The number of hydrogen-bond donors (Lipinski definition) is 2. The van der Waals surface area contributed by atoms with Crippen molar-refractivity contribution < 1.29 is 0 Å². The number of fused-ring (bicyclic) bond motifs is 1. The minimum Gasteiger partial charge on any atom is -0.386 e. The lowest BCUT2D eigenvalue weighted by Crippen LogP contribution is -1.95. The van der Waals surface area contributed by atoms with Crippen LogP contribution < -0.4 is 10.6 Å². The Morgan fingerprint density at radius 1 is 1.15 bits per heavy atom. The predicted octanol–water partition coefficient (Wildman–Crippen LogP) is 2.38. The van der Waals surface area contributed by atoms with Gasteiger partial charge in [0.15, 0.2) is 0 Å². The summed E-state index contributed by atoms with van der Waals surface area (Å²) in [4.78, 5) is 4.25. The zero-order chi connectivity index (χ0) is 9.26. The summed E-state index contributed by atoms with van der Waals surface area (Å²) < 4.78 is 1.21. The molecule has 0 aliphatic heterocycles. The van der Waals surface area contributed by atoms with Crippen LogP contribution in [0.3, 0.4) is 0 Å². The maximum absolute atomic E-state index is 4.25. The molecule has 2 N–H and O–H groups in total. The molecule has 0 aliphatic rings. The first-order chi connectivity index (χ1) is 6.35. The van der Waals surface area contributed by atoms with Crippen LogP contribution in [0.5, 0.6) is 0 Å². The molecule has 1 heterocycles. The van der Waals surface area contributed by atoms with Gasteiger partial charge in [-0.1, -0.05) is 0 Å². The summed E-state index contributed by atoms with van der Waals surface area (Å²) in [7, 11) is 3.83. The Bertz CT molecular complexity index is 384. The van der Waals surface area contributed by atoms with Gasteiger partial charge in [-0.3, -0.25) is 0 Å². The number of nitrogens with one attached hydrogen (secondary N) is 2. The summed E-state index contributed by atoms with van der Waals surface area (Å²) in [5.41, 5.74) is 5.11. The third kappa shape index (κ3) is 1.33. The van der Waals surface area contributed by atoms with Crippen LogP contribution in [0.15, 0.2) is 17.6 Å². The highest BCUT2D eigenvalue weighted by molar-refractivity contribution is 7.16. The molecule has 0 spiro atoms. The second kappa shape index (κ2) is 3.22. The van der Waals surface area contributed by atoms with Crippen LogP contribution in [-0.4, -0.2) is 19.1 Å². The lowest BCUT2D eigenvalue weighted by Gasteiger charge is -2.07. The van der Waals surface area contributed by atoms with Crippen LogP contribution in [-0.2, 0) is 0 Å². The third-order valence-corrected chi connectivity index (χ3v) is 2.80. The molecule has 68 valence electrons. The fraction of sp³-hybridized carbons (Fsp3) is 0.222. The van der Waals surface area contributed by atoms with E-state index in [2.05, 4.69) is 27.8 Å². The van der Waals surface area contributed by atoms with E-state index in [0.29, 0.717) is 0 Å². The molecular formula is C9H11N3S. The molecule has 0 saturated heterocycles. The van der Waals surface area contributed by atoms with Gasteiger partial charge in [0.2, 0.25) is 0 Å². The molecule has 1 aromatic carbocycles. The van der Waals surface area contributed by atoms with Crippen LogP contribution >= 0.6 is 11.3 Å². The first kappa shape index (κ1) is 8.31. The minimum atomic E-state index is 1.05. The second-order valence-corrected chi connectivity index (χ2v) is 3.60. The molecule has 2 aromatic rings. The first-order valence-corrected chi connectivity index (χ1v) is 4.96. The van der Waals surface area contributed by atoms with Crippen molar-refractivity contribution in [1.82, 2.24) is 4.98 Å². The van der Waals surface area contributed by atoms with Gasteiger partial charge in [0, 0.05) is 14.1 Å². The van der Waals surface area contributed by atoms with Crippen molar-refractivity contribution in [3.63, 3.8) is 0 Å². The van der Waals surface area contributed by atoms with E-state index in [0.717, 1.165) is 16.9 Å². The summed E-state index contributed by atoms with van der Waals surface area (Å²) in [5, 5.41) is 6.28. The van der Waals surface area contributed by atoms with Gasteiger partial charge in [-0.2, -0.15) is 0 Å². The molecule has 0 fully saturated rings. The SMILES string of the molecule is CNc1cc2ncsc2cc1NC. The molecule has 13 heavy (non-hydrogen) atoms. The van der Waals surface area contributed by atoms with Crippen LogP contribution in [0.2, 0.25) is 0 Å². The van der Waals surface area contributed by atoms with Crippen molar-refractivity contribution in [3.05, 3.63) is 17.6 Å². The maximum Gasteiger partial charge on any atom is 0.0834 e. The number of nitrogens with zero attached hydrogens (tertiary/aromatic N) is 1. The van der Waals surface area contributed by atoms with Gasteiger partial charge in [-0.25, -0.2) is 4.98 Å². The lowest BCUT2D eigenvalue weighted by atomic mass is 10.2. The van der Waals surface area contributed by atoms with Crippen LogP contribution in [0.4, 0.5) is 11.4 Å². The first-order valence-electron chi connectivity index (χ1n) is 4.08. The van der Waals surface area contributed by atoms with Crippen molar-refractivity contribution in [3.8, 4) is 0 Å². The van der Waals surface area contributed by atoms with Crippen LogP contribution in [0, 0.1) is 0 Å². The van der Waals surface area contributed by atoms with Gasteiger partial charge in [0.1, 0.15) is 0 Å². The number of hydrogen-bond acceptors (Lipinski definition) is 4. The van der Waals surface area contributed by atoms with Crippen molar-refractivity contribution in [2.24, 2.45) is 0 Å². The Kier molecular flexibility index (Phi) is 2.06. The van der Waals surface area contributed by atoms with E-state index in [-0.39, 0.29) is 0 Å². The topological polar surface area (TPSA) is 37.0 Å². The van der Waals surface area contributed by atoms with E-state index in [1.807, 2.05) is 19.6 Å². The molecule has 1 aromatic heterocycles. The van der Waals surface area contributed by atoms with Gasteiger partial charge in [-0.05, 0) is 12.1 Å². The van der Waals surface area contributed by atoms with E-state index in [1.165, 1.54) is 4.70 Å². The fourth-order valence-electron chi connectivity index (χ4n) is 1.32. The number of benzene rings is 1.